The first-order chi connectivity index (χ1) is 6.75. The summed E-state index contributed by atoms with van der Waals surface area (Å²) in [6, 6.07) is 3.64. The van der Waals surface area contributed by atoms with Crippen LogP contribution < -0.4 is 11.1 Å². The third-order valence-electron chi connectivity index (χ3n) is 1.64. The van der Waals surface area contributed by atoms with Crippen molar-refractivity contribution in [3.05, 3.63) is 24.0 Å². The van der Waals surface area contributed by atoms with Crippen molar-refractivity contribution in [3.63, 3.8) is 0 Å². The van der Waals surface area contributed by atoms with Crippen LogP contribution in [0.2, 0.25) is 0 Å². The second kappa shape index (κ2) is 4.82. The van der Waals surface area contributed by atoms with Gasteiger partial charge in [-0.2, -0.15) is 5.26 Å². The molecule has 14 heavy (non-hydrogen) atoms. The molecule has 0 aromatic carbocycles. The van der Waals surface area contributed by atoms with Gasteiger partial charge in [-0.3, -0.25) is 9.78 Å². The molecule has 1 heterocycles. The van der Waals surface area contributed by atoms with Crippen LogP contribution in [0.5, 0.6) is 0 Å². The van der Waals surface area contributed by atoms with E-state index in [-0.39, 0.29) is 0 Å². The lowest BCUT2D eigenvalue weighted by molar-refractivity contribution is 0.100. The molecule has 1 amide bonds. The number of rotatable bonds is 4. The molecule has 1 aromatic heterocycles. The Kier molecular flexibility index (Phi) is 3.44. The average Bonchev–Trinajstić information content (AvgIpc) is 2.19. The second-order valence-corrected chi connectivity index (χ2v) is 2.62. The SMILES string of the molecule is N#CCCNc1ccncc1C(N)=O. The highest BCUT2D eigenvalue weighted by molar-refractivity contribution is 5.98. The highest BCUT2D eigenvalue weighted by Crippen LogP contribution is 2.12. The van der Waals surface area contributed by atoms with E-state index in [9.17, 15) is 4.79 Å². The Balaban J connectivity index is 2.75. The number of primary amides is 1. The number of hydrogen-bond donors (Lipinski definition) is 2. The standard InChI is InChI=1S/C9H10N4O/c10-3-1-4-13-8-2-5-12-6-7(8)9(11)14/h2,5-6H,1,4H2,(H2,11,14)(H,12,13). The Labute approximate surface area is 81.6 Å². The van der Waals surface area contributed by atoms with Crippen molar-refractivity contribution < 1.29 is 4.79 Å². The van der Waals surface area contributed by atoms with Gasteiger partial charge in [0.15, 0.2) is 0 Å². The third-order valence-corrected chi connectivity index (χ3v) is 1.64. The van der Waals surface area contributed by atoms with Crippen LogP contribution in [0.3, 0.4) is 0 Å². The van der Waals surface area contributed by atoms with Gasteiger partial charge in [-0.25, -0.2) is 0 Å². The van der Waals surface area contributed by atoms with Crippen LogP contribution in [-0.4, -0.2) is 17.4 Å². The fourth-order valence-corrected chi connectivity index (χ4v) is 0.998. The fraction of sp³-hybridized carbons (Fsp3) is 0.222. The second-order valence-electron chi connectivity index (χ2n) is 2.62. The van der Waals surface area contributed by atoms with E-state index in [0.29, 0.717) is 24.2 Å². The molecule has 72 valence electrons. The van der Waals surface area contributed by atoms with E-state index in [1.54, 1.807) is 12.3 Å². The molecule has 0 saturated carbocycles. The van der Waals surface area contributed by atoms with Crippen molar-refractivity contribution in [1.29, 1.82) is 5.26 Å². The topological polar surface area (TPSA) is 91.8 Å². The van der Waals surface area contributed by atoms with Crippen LogP contribution in [0.4, 0.5) is 5.69 Å². The number of hydrogen-bond acceptors (Lipinski definition) is 4. The highest BCUT2D eigenvalue weighted by Gasteiger charge is 2.06. The van der Waals surface area contributed by atoms with Crippen LogP contribution in [-0.2, 0) is 0 Å². The Hall–Kier alpha value is -2.09. The zero-order chi connectivity index (χ0) is 10.4. The van der Waals surface area contributed by atoms with Gasteiger partial charge in [-0.05, 0) is 6.07 Å². The number of nitrogens with one attached hydrogen (secondary N) is 1. The van der Waals surface area contributed by atoms with E-state index in [1.165, 1.54) is 6.20 Å². The van der Waals surface area contributed by atoms with Crippen LogP contribution in [0, 0.1) is 11.3 Å². The molecule has 0 spiro atoms. The van der Waals surface area contributed by atoms with Crippen LogP contribution >= 0.6 is 0 Å². The summed E-state index contributed by atoms with van der Waals surface area (Å²) in [5.74, 6) is -0.530. The minimum atomic E-state index is -0.530. The number of nitrogens with zero attached hydrogens (tertiary/aromatic N) is 2. The molecule has 5 heteroatoms. The first-order valence-corrected chi connectivity index (χ1v) is 4.10. The summed E-state index contributed by atoms with van der Waals surface area (Å²) in [6.07, 6.45) is 3.33. The predicted octanol–water partition coefficient (Wildman–Crippen LogP) is 0.506. The smallest absolute Gasteiger partial charge is 0.252 e. The van der Waals surface area contributed by atoms with Gasteiger partial charge in [-0.15, -0.1) is 0 Å². The molecule has 0 atom stereocenters. The third kappa shape index (κ3) is 2.45. The van der Waals surface area contributed by atoms with Crippen molar-refractivity contribution in [2.24, 2.45) is 5.73 Å². The summed E-state index contributed by atoms with van der Waals surface area (Å²) in [5.41, 5.74) is 6.09. The van der Waals surface area contributed by atoms with Crippen LogP contribution in [0.1, 0.15) is 16.8 Å². The zero-order valence-electron chi connectivity index (χ0n) is 7.53. The van der Waals surface area contributed by atoms with Gasteiger partial charge in [0.2, 0.25) is 0 Å². The number of nitrogens with two attached hydrogens (primary N) is 1. The number of nitriles is 1. The summed E-state index contributed by atoms with van der Waals surface area (Å²) in [6.45, 7) is 0.487. The molecule has 0 aliphatic carbocycles. The van der Waals surface area contributed by atoms with E-state index >= 15 is 0 Å². The molecule has 0 bridgehead atoms. The Bertz CT molecular complexity index is 369. The molecule has 0 unspecified atom stereocenters. The van der Waals surface area contributed by atoms with Crippen molar-refractivity contribution in [2.75, 3.05) is 11.9 Å². The monoisotopic (exact) mass is 190 g/mol. The molecule has 0 saturated heterocycles. The highest BCUT2D eigenvalue weighted by atomic mass is 16.1. The summed E-state index contributed by atoms with van der Waals surface area (Å²) in [5, 5.41) is 11.3. The number of aromatic nitrogens is 1. The summed E-state index contributed by atoms with van der Waals surface area (Å²) >= 11 is 0. The van der Waals surface area contributed by atoms with Crippen molar-refractivity contribution in [2.45, 2.75) is 6.42 Å². The van der Waals surface area contributed by atoms with Crippen molar-refractivity contribution in [1.82, 2.24) is 4.98 Å². The number of carbonyl (C=O) groups excluding carboxylic acids is 1. The lowest BCUT2D eigenvalue weighted by atomic mass is 10.2. The molecule has 0 aliphatic rings. The molecule has 5 nitrogen and oxygen atoms in total. The van der Waals surface area contributed by atoms with Gasteiger partial charge < -0.3 is 11.1 Å². The minimum absolute atomic E-state index is 0.338. The Morgan fingerprint density at radius 1 is 1.71 bits per heavy atom. The first kappa shape index (κ1) is 9.99. The number of carbonyl (C=O) groups is 1. The van der Waals surface area contributed by atoms with Crippen molar-refractivity contribution >= 4 is 11.6 Å². The summed E-state index contributed by atoms with van der Waals surface area (Å²) < 4.78 is 0. The van der Waals surface area contributed by atoms with Crippen LogP contribution in [0.15, 0.2) is 18.5 Å². The molecule has 0 fully saturated rings. The Morgan fingerprint density at radius 2 is 2.50 bits per heavy atom. The first-order valence-electron chi connectivity index (χ1n) is 4.10. The number of amides is 1. The maximum Gasteiger partial charge on any atom is 0.252 e. The minimum Gasteiger partial charge on any atom is -0.383 e. The van der Waals surface area contributed by atoms with E-state index in [2.05, 4.69) is 10.3 Å². The van der Waals surface area contributed by atoms with Gasteiger partial charge in [-0.1, -0.05) is 0 Å². The number of anilines is 1. The van der Waals surface area contributed by atoms with Gasteiger partial charge in [0.25, 0.3) is 5.91 Å². The van der Waals surface area contributed by atoms with E-state index in [4.69, 9.17) is 11.0 Å². The van der Waals surface area contributed by atoms with E-state index < -0.39 is 5.91 Å². The quantitative estimate of drug-likeness (QED) is 0.676. The van der Waals surface area contributed by atoms with Gasteiger partial charge >= 0.3 is 0 Å². The molecule has 1 rings (SSSR count). The normalized spacial score (nSPS) is 9.07. The lowest BCUT2D eigenvalue weighted by Gasteiger charge is -2.06. The summed E-state index contributed by atoms with van der Waals surface area (Å²) in [4.78, 5) is 14.7. The molecule has 1 aromatic rings. The molecule has 0 aliphatic heterocycles. The van der Waals surface area contributed by atoms with Gasteiger partial charge in [0, 0.05) is 18.9 Å². The maximum absolute atomic E-state index is 10.9. The van der Waals surface area contributed by atoms with Gasteiger partial charge in [0.05, 0.1) is 23.7 Å². The van der Waals surface area contributed by atoms with Crippen LogP contribution in [0.25, 0.3) is 0 Å². The molecule has 3 N–H and O–H groups in total. The van der Waals surface area contributed by atoms with E-state index in [0.717, 1.165) is 0 Å². The van der Waals surface area contributed by atoms with E-state index in [1.807, 2.05) is 6.07 Å². The molecular weight excluding hydrogens is 180 g/mol. The largest absolute Gasteiger partial charge is 0.383 e. The summed E-state index contributed by atoms with van der Waals surface area (Å²) in [7, 11) is 0. The average molecular weight is 190 g/mol. The maximum atomic E-state index is 10.9. The molecular formula is C9H10N4O. The molecule has 0 radical (unpaired) electrons. The number of pyridine rings is 1. The van der Waals surface area contributed by atoms with Crippen molar-refractivity contribution in [3.8, 4) is 6.07 Å². The lowest BCUT2D eigenvalue weighted by Crippen LogP contribution is -2.15. The fourth-order valence-electron chi connectivity index (χ4n) is 0.998. The predicted molar refractivity (Wildman–Crippen MR) is 51.5 cm³/mol. The Morgan fingerprint density at radius 3 is 3.14 bits per heavy atom. The zero-order valence-corrected chi connectivity index (χ0v) is 7.53. The van der Waals surface area contributed by atoms with Gasteiger partial charge in [0.1, 0.15) is 0 Å².